The first kappa shape index (κ1) is 23.5. The molecule has 6 nitrogen and oxygen atoms in total. The van der Waals surface area contributed by atoms with Crippen LogP contribution in [0.3, 0.4) is 0 Å². The van der Waals surface area contributed by atoms with Crippen molar-refractivity contribution >= 4 is 45.7 Å². The van der Waals surface area contributed by atoms with E-state index in [9.17, 15) is 4.79 Å². The van der Waals surface area contributed by atoms with Gasteiger partial charge in [0.2, 0.25) is 5.95 Å². The molecular formula is C29H24ClN5O. The summed E-state index contributed by atoms with van der Waals surface area (Å²) in [5, 5.41) is 7.85. The summed E-state index contributed by atoms with van der Waals surface area (Å²) in [5.74, 6) is 0.274. The maximum atomic E-state index is 12.8. The molecule has 7 heteroatoms. The molecule has 36 heavy (non-hydrogen) atoms. The minimum atomic E-state index is -0.189. The topological polar surface area (TPSA) is 92.9 Å². The zero-order valence-corrected chi connectivity index (χ0v) is 20.4. The number of aryl methyl sites for hydroxylation is 1. The molecule has 0 aliphatic carbocycles. The minimum Gasteiger partial charge on any atom is -0.326 e. The fourth-order valence-electron chi connectivity index (χ4n) is 3.92. The lowest BCUT2D eigenvalue weighted by atomic mass is 10.1. The standard InChI is InChI=1S/C29H24ClN5O/c1-18-6-7-19(17-31)16-26(18)33-28(36)21-10-14-23(15-11-21)32-29-34-25-5-3-2-4-24(25)27(35-29)20-8-12-22(30)13-9-20/h2-16H,17,31H2,1H3,(H,33,36)(H,32,34,35). The van der Waals surface area contributed by atoms with Crippen molar-refractivity contribution in [3.8, 4) is 11.3 Å². The molecule has 0 saturated carbocycles. The third kappa shape index (κ3) is 5.05. The number of para-hydroxylation sites is 1. The number of hydrogen-bond donors (Lipinski definition) is 3. The number of nitrogens with zero attached hydrogens (tertiary/aromatic N) is 2. The number of nitrogens with one attached hydrogen (secondary N) is 2. The lowest BCUT2D eigenvalue weighted by Gasteiger charge is -2.12. The molecule has 0 aliphatic heterocycles. The first-order valence-corrected chi connectivity index (χ1v) is 11.9. The van der Waals surface area contributed by atoms with Gasteiger partial charge in [-0.25, -0.2) is 9.97 Å². The molecule has 0 unspecified atom stereocenters. The Morgan fingerprint density at radius 1 is 0.917 bits per heavy atom. The lowest BCUT2D eigenvalue weighted by molar-refractivity contribution is 0.102. The largest absolute Gasteiger partial charge is 0.326 e. The maximum absolute atomic E-state index is 12.8. The number of benzene rings is 4. The third-order valence-electron chi connectivity index (χ3n) is 5.91. The van der Waals surface area contributed by atoms with E-state index in [0.29, 0.717) is 23.1 Å². The molecule has 1 heterocycles. The smallest absolute Gasteiger partial charge is 0.255 e. The highest BCUT2D eigenvalue weighted by molar-refractivity contribution is 6.30. The van der Waals surface area contributed by atoms with Crippen LogP contribution in [0.5, 0.6) is 0 Å². The van der Waals surface area contributed by atoms with E-state index in [2.05, 4.69) is 15.6 Å². The van der Waals surface area contributed by atoms with Gasteiger partial charge in [-0.05, 0) is 66.6 Å². The summed E-state index contributed by atoms with van der Waals surface area (Å²) in [6.45, 7) is 2.37. The Balaban J connectivity index is 1.38. The second-order valence-corrected chi connectivity index (χ2v) is 8.87. The Morgan fingerprint density at radius 3 is 2.42 bits per heavy atom. The SMILES string of the molecule is Cc1ccc(CN)cc1NC(=O)c1ccc(Nc2nc(-c3ccc(Cl)cc3)c3ccccc3n2)cc1. The lowest BCUT2D eigenvalue weighted by Crippen LogP contribution is -2.13. The van der Waals surface area contributed by atoms with Gasteiger partial charge < -0.3 is 16.4 Å². The summed E-state index contributed by atoms with van der Waals surface area (Å²) in [5.41, 5.74) is 12.3. The number of carbonyl (C=O) groups is 1. The molecule has 0 fully saturated rings. The van der Waals surface area contributed by atoms with E-state index in [1.165, 1.54) is 0 Å². The molecule has 0 radical (unpaired) electrons. The second kappa shape index (κ2) is 10.2. The van der Waals surface area contributed by atoms with Crippen LogP contribution < -0.4 is 16.4 Å². The minimum absolute atomic E-state index is 0.189. The highest BCUT2D eigenvalue weighted by atomic mass is 35.5. The zero-order chi connectivity index (χ0) is 25.1. The van der Waals surface area contributed by atoms with E-state index >= 15 is 0 Å². The van der Waals surface area contributed by atoms with E-state index < -0.39 is 0 Å². The average Bonchev–Trinajstić information content (AvgIpc) is 2.90. The normalized spacial score (nSPS) is 10.9. The van der Waals surface area contributed by atoms with Gasteiger partial charge in [-0.2, -0.15) is 0 Å². The molecule has 5 aromatic rings. The van der Waals surface area contributed by atoms with Crippen LogP contribution in [-0.2, 0) is 6.54 Å². The van der Waals surface area contributed by atoms with Crippen LogP contribution in [0.1, 0.15) is 21.5 Å². The van der Waals surface area contributed by atoms with Gasteiger partial charge >= 0.3 is 0 Å². The van der Waals surface area contributed by atoms with E-state index in [1.54, 1.807) is 12.1 Å². The highest BCUT2D eigenvalue weighted by Crippen LogP contribution is 2.29. The Morgan fingerprint density at radius 2 is 1.67 bits per heavy atom. The monoisotopic (exact) mass is 493 g/mol. The van der Waals surface area contributed by atoms with Crippen molar-refractivity contribution < 1.29 is 4.79 Å². The zero-order valence-electron chi connectivity index (χ0n) is 19.6. The van der Waals surface area contributed by atoms with Crippen LogP contribution in [-0.4, -0.2) is 15.9 Å². The summed E-state index contributed by atoms with van der Waals surface area (Å²) in [6.07, 6.45) is 0. The fraction of sp³-hybridized carbons (Fsp3) is 0.0690. The van der Waals surface area contributed by atoms with E-state index in [4.69, 9.17) is 22.3 Å². The van der Waals surface area contributed by atoms with E-state index in [-0.39, 0.29) is 5.91 Å². The van der Waals surface area contributed by atoms with Crippen molar-refractivity contribution in [3.63, 3.8) is 0 Å². The van der Waals surface area contributed by atoms with Crippen LogP contribution in [0.25, 0.3) is 22.2 Å². The Labute approximate surface area is 214 Å². The van der Waals surface area contributed by atoms with Crippen LogP contribution in [0.2, 0.25) is 5.02 Å². The Kier molecular flexibility index (Phi) is 6.62. The number of hydrogen-bond acceptors (Lipinski definition) is 5. The number of aromatic nitrogens is 2. The maximum Gasteiger partial charge on any atom is 0.255 e. The summed E-state index contributed by atoms with van der Waals surface area (Å²) < 4.78 is 0. The van der Waals surface area contributed by atoms with Crippen LogP contribution in [0, 0.1) is 6.92 Å². The summed E-state index contributed by atoms with van der Waals surface area (Å²) in [4.78, 5) is 22.3. The molecule has 0 bridgehead atoms. The molecule has 178 valence electrons. The predicted octanol–water partition coefficient (Wildman–Crippen LogP) is 6.71. The van der Waals surface area contributed by atoms with Gasteiger partial charge in [0, 0.05) is 39.5 Å². The number of halogens is 1. The Hall–Kier alpha value is -4.26. The average molecular weight is 494 g/mol. The number of rotatable bonds is 6. The van der Waals surface area contributed by atoms with Crippen molar-refractivity contribution in [2.75, 3.05) is 10.6 Å². The van der Waals surface area contributed by atoms with Crippen LogP contribution >= 0.6 is 11.6 Å². The fourth-order valence-corrected chi connectivity index (χ4v) is 4.05. The van der Waals surface area contributed by atoms with Gasteiger partial charge in [0.1, 0.15) is 0 Å². The molecule has 0 atom stereocenters. The second-order valence-electron chi connectivity index (χ2n) is 8.43. The van der Waals surface area contributed by atoms with E-state index in [0.717, 1.165) is 44.7 Å². The van der Waals surface area contributed by atoms with E-state index in [1.807, 2.05) is 85.8 Å². The third-order valence-corrected chi connectivity index (χ3v) is 6.16. The van der Waals surface area contributed by atoms with Crippen molar-refractivity contribution in [3.05, 3.63) is 113 Å². The van der Waals surface area contributed by atoms with Gasteiger partial charge in [0.05, 0.1) is 11.2 Å². The molecule has 5 rings (SSSR count). The molecular weight excluding hydrogens is 470 g/mol. The molecule has 4 aromatic carbocycles. The number of amides is 1. The summed E-state index contributed by atoms with van der Waals surface area (Å²) in [6, 6.07) is 28.5. The summed E-state index contributed by atoms with van der Waals surface area (Å²) in [7, 11) is 0. The van der Waals surface area contributed by atoms with Crippen LogP contribution in [0.15, 0.2) is 91.0 Å². The first-order chi connectivity index (χ1) is 17.5. The van der Waals surface area contributed by atoms with Crippen LogP contribution in [0.4, 0.5) is 17.3 Å². The van der Waals surface area contributed by atoms with Crippen molar-refractivity contribution in [1.82, 2.24) is 9.97 Å². The van der Waals surface area contributed by atoms with Gasteiger partial charge in [-0.3, -0.25) is 4.79 Å². The highest BCUT2D eigenvalue weighted by Gasteiger charge is 2.12. The summed E-state index contributed by atoms with van der Waals surface area (Å²) >= 11 is 6.08. The molecule has 0 aliphatic rings. The van der Waals surface area contributed by atoms with Gasteiger partial charge in [-0.1, -0.05) is 54.1 Å². The van der Waals surface area contributed by atoms with Crippen molar-refractivity contribution in [2.24, 2.45) is 5.73 Å². The van der Waals surface area contributed by atoms with Gasteiger partial charge in [0.25, 0.3) is 5.91 Å². The molecule has 1 amide bonds. The van der Waals surface area contributed by atoms with Gasteiger partial charge in [0.15, 0.2) is 0 Å². The quantitative estimate of drug-likeness (QED) is 0.244. The molecule has 0 spiro atoms. The predicted molar refractivity (Wildman–Crippen MR) is 147 cm³/mol. The Bertz CT molecular complexity index is 1550. The number of fused-ring (bicyclic) bond motifs is 1. The van der Waals surface area contributed by atoms with Crippen molar-refractivity contribution in [1.29, 1.82) is 0 Å². The number of nitrogens with two attached hydrogens (primary N) is 1. The first-order valence-electron chi connectivity index (χ1n) is 11.5. The molecule has 4 N–H and O–H groups in total. The van der Waals surface area contributed by atoms with Crippen molar-refractivity contribution in [2.45, 2.75) is 13.5 Å². The number of carbonyl (C=O) groups excluding carboxylic acids is 1. The van der Waals surface area contributed by atoms with Gasteiger partial charge in [-0.15, -0.1) is 0 Å². The molecule has 1 aromatic heterocycles. The number of anilines is 3. The molecule has 0 saturated heterocycles.